The van der Waals surface area contributed by atoms with Gasteiger partial charge in [0, 0.05) is 50.0 Å². The highest BCUT2D eigenvalue weighted by Crippen LogP contribution is 2.20. The summed E-state index contributed by atoms with van der Waals surface area (Å²) in [7, 11) is 1.87. The number of rotatable bonds is 3. The standard InChI is InChI=1S/C19H26N4O2/c1-13-16(6-9-20-13)18(24)22(3)15-5-4-11-23(12-8-15)19(25)17-7-10-21-14(17)2/h6-7,9-10,15,20-21H,4-5,8,11-12H2,1-3H3/t15-/m1/s1. The van der Waals surface area contributed by atoms with Crippen LogP contribution in [0, 0.1) is 13.8 Å². The van der Waals surface area contributed by atoms with E-state index in [-0.39, 0.29) is 17.9 Å². The molecule has 2 amide bonds. The fraction of sp³-hybridized carbons (Fsp3) is 0.474. The molecule has 6 heteroatoms. The molecule has 1 aliphatic rings. The van der Waals surface area contributed by atoms with Crippen molar-refractivity contribution in [2.45, 2.75) is 39.2 Å². The van der Waals surface area contributed by atoms with Crippen molar-refractivity contribution in [2.24, 2.45) is 0 Å². The Kier molecular flexibility index (Phi) is 4.97. The lowest BCUT2D eigenvalue weighted by Crippen LogP contribution is -2.38. The summed E-state index contributed by atoms with van der Waals surface area (Å²) in [5, 5.41) is 0. The first-order chi connectivity index (χ1) is 12.0. The summed E-state index contributed by atoms with van der Waals surface area (Å²) >= 11 is 0. The van der Waals surface area contributed by atoms with E-state index in [0.717, 1.165) is 48.3 Å². The number of amides is 2. The molecule has 0 aliphatic carbocycles. The third-order valence-electron chi connectivity index (χ3n) is 5.22. The van der Waals surface area contributed by atoms with Crippen LogP contribution in [0.2, 0.25) is 0 Å². The Morgan fingerprint density at radius 2 is 1.68 bits per heavy atom. The summed E-state index contributed by atoms with van der Waals surface area (Å²) in [5.74, 6) is 0.125. The molecule has 0 saturated carbocycles. The number of nitrogens with zero attached hydrogens (tertiary/aromatic N) is 2. The van der Waals surface area contributed by atoms with Gasteiger partial charge in [-0.05, 0) is 45.2 Å². The van der Waals surface area contributed by atoms with Gasteiger partial charge < -0.3 is 19.8 Å². The van der Waals surface area contributed by atoms with Crippen molar-refractivity contribution < 1.29 is 9.59 Å². The Morgan fingerprint density at radius 3 is 2.28 bits per heavy atom. The van der Waals surface area contributed by atoms with E-state index in [0.29, 0.717) is 6.54 Å². The minimum atomic E-state index is 0.0463. The Hall–Kier alpha value is -2.50. The third-order valence-corrected chi connectivity index (χ3v) is 5.22. The van der Waals surface area contributed by atoms with Gasteiger partial charge in [-0.25, -0.2) is 0 Å². The van der Waals surface area contributed by atoms with Crippen molar-refractivity contribution in [2.75, 3.05) is 20.1 Å². The maximum atomic E-state index is 12.7. The largest absolute Gasteiger partial charge is 0.365 e. The predicted molar refractivity (Wildman–Crippen MR) is 96.7 cm³/mol. The van der Waals surface area contributed by atoms with Gasteiger partial charge in [-0.2, -0.15) is 0 Å². The van der Waals surface area contributed by atoms with E-state index in [1.807, 2.05) is 42.8 Å². The van der Waals surface area contributed by atoms with Crippen LogP contribution in [0.3, 0.4) is 0 Å². The van der Waals surface area contributed by atoms with Gasteiger partial charge in [0.05, 0.1) is 11.1 Å². The van der Waals surface area contributed by atoms with E-state index in [4.69, 9.17) is 0 Å². The van der Waals surface area contributed by atoms with E-state index in [1.165, 1.54) is 0 Å². The zero-order valence-electron chi connectivity index (χ0n) is 15.1. The Labute approximate surface area is 148 Å². The van der Waals surface area contributed by atoms with Crippen molar-refractivity contribution in [1.82, 2.24) is 19.8 Å². The van der Waals surface area contributed by atoms with Crippen LogP contribution in [0.15, 0.2) is 24.5 Å². The van der Waals surface area contributed by atoms with Crippen molar-refractivity contribution in [3.05, 3.63) is 47.0 Å². The summed E-state index contributed by atoms with van der Waals surface area (Å²) < 4.78 is 0. The second-order valence-corrected chi connectivity index (χ2v) is 6.83. The van der Waals surface area contributed by atoms with Crippen LogP contribution in [0.4, 0.5) is 0 Å². The second kappa shape index (κ2) is 7.17. The molecule has 0 spiro atoms. The number of aryl methyl sites for hydroxylation is 2. The van der Waals surface area contributed by atoms with Gasteiger partial charge in [0.15, 0.2) is 0 Å². The molecule has 134 valence electrons. The fourth-order valence-corrected chi connectivity index (χ4v) is 3.56. The Balaban J connectivity index is 1.65. The zero-order valence-corrected chi connectivity index (χ0v) is 15.1. The predicted octanol–water partition coefficient (Wildman–Crippen LogP) is 2.73. The van der Waals surface area contributed by atoms with Crippen LogP contribution in [-0.4, -0.2) is 57.8 Å². The molecule has 3 heterocycles. The SMILES string of the molecule is Cc1[nH]ccc1C(=O)N1CCC[C@@H](N(C)C(=O)c2cc[nH]c2C)CC1. The van der Waals surface area contributed by atoms with Crippen LogP contribution >= 0.6 is 0 Å². The Bertz CT molecular complexity index is 761. The summed E-state index contributed by atoms with van der Waals surface area (Å²) in [4.78, 5) is 35.3. The van der Waals surface area contributed by atoms with Gasteiger partial charge in [-0.3, -0.25) is 9.59 Å². The van der Waals surface area contributed by atoms with Crippen molar-refractivity contribution >= 4 is 11.8 Å². The average molecular weight is 342 g/mol. The fourth-order valence-electron chi connectivity index (χ4n) is 3.56. The molecule has 25 heavy (non-hydrogen) atoms. The van der Waals surface area contributed by atoms with Crippen molar-refractivity contribution in [3.8, 4) is 0 Å². The molecule has 6 nitrogen and oxygen atoms in total. The first-order valence-electron chi connectivity index (χ1n) is 8.83. The van der Waals surface area contributed by atoms with Crippen LogP contribution in [0.1, 0.15) is 51.4 Å². The van der Waals surface area contributed by atoms with Crippen LogP contribution < -0.4 is 0 Å². The maximum Gasteiger partial charge on any atom is 0.255 e. The molecule has 2 aromatic rings. The van der Waals surface area contributed by atoms with Gasteiger partial charge in [0.25, 0.3) is 11.8 Å². The molecule has 2 N–H and O–H groups in total. The number of nitrogens with one attached hydrogen (secondary N) is 2. The van der Waals surface area contributed by atoms with E-state index < -0.39 is 0 Å². The van der Waals surface area contributed by atoms with E-state index >= 15 is 0 Å². The number of carbonyl (C=O) groups is 2. The Morgan fingerprint density at radius 1 is 1.04 bits per heavy atom. The van der Waals surface area contributed by atoms with E-state index in [2.05, 4.69) is 9.97 Å². The van der Waals surface area contributed by atoms with E-state index in [1.54, 1.807) is 12.4 Å². The molecular weight excluding hydrogens is 316 g/mol. The van der Waals surface area contributed by atoms with Crippen LogP contribution in [0.25, 0.3) is 0 Å². The van der Waals surface area contributed by atoms with Gasteiger partial charge in [-0.1, -0.05) is 0 Å². The van der Waals surface area contributed by atoms with Gasteiger partial charge >= 0.3 is 0 Å². The van der Waals surface area contributed by atoms with Crippen LogP contribution in [-0.2, 0) is 0 Å². The number of likely N-dealkylation sites (tertiary alicyclic amines) is 1. The molecular formula is C19H26N4O2. The molecule has 0 unspecified atom stereocenters. The number of carbonyl (C=O) groups excluding carboxylic acids is 2. The lowest BCUT2D eigenvalue weighted by Gasteiger charge is -2.27. The first kappa shape index (κ1) is 17.3. The van der Waals surface area contributed by atoms with Crippen molar-refractivity contribution in [3.63, 3.8) is 0 Å². The maximum absolute atomic E-state index is 12.7. The smallest absolute Gasteiger partial charge is 0.255 e. The number of hydrogen-bond acceptors (Lipinski definition) is 2. The van der Waals surface area contributed by atoms with Gasteiger partial charge in [0.1, 0.15) is 0 Å². The van der Waals surface area contributed by atoms with Crippen LogP contribution in [0.5, 0.6) is 0 Å². The van der Waals surface area contributed by atoms with Gasteiger partial charge in [-0.15, -0.1) is 0 Å². The highest BCUT2D eigenvalue weighted by molar-refractivity contribution is 5.96. The molecule has 1 atom stereocenters. The summed E-state index contributed by atoms with van der Waals surface area (Å²) in [6, 6.07) is 3.83. The normalized spacial score (nSPS) is 18.0. The second-order valence-electron chi connectivity index (χ2n) is 6.83. The number of aromatic nitrogens is 2. The number of aromatic amines is 2. The quantitative estimate of drug-likeness (QED) is 0.900. The minimum Gasteiger partial charge on any atom is -0.365 e. The lowest BCUT2D eigenvalue weighted by molar-refractivity contribution is 0.0709. The molecule has 0 bridgehead atoms. The highest BCUT2D eigenvalue weighted by Gasteiger charge is 2.27. The highest BCUT2D eigenvalue weighted by atomic mass is 16.2. The monoisotopic (exact) mass is 342 g/mol. The molecule has 1 fully saturated rings. The summed E-state index contributed by atoms with van der Waals surface area (Å²) in [6.45, 7) is 5.25. The third kappa shape index (κ3) is 3.48. The molecule has 2 aromatic heterocycles. The topological polar surface area (TPSA) is 72.2 Å². The summed E-state index contributed by atoms with van der Waals surface area (Å²) in [6.07, 6.45) is 6.23. The van der Waals surface area contributed by atoms with E-state index in [9.17, 15) is 9.59 Å². The first-order valence-corrected chi connectivity index (χ1v) is 8.83. The van der Waals surface area contributed by atoms with Crippen molar-refractivity contribution in [1.29, 1.82) is 0 Å². The zero-order chi connectivity index (χ0) is 18.0. The number of hydrogen-bond donors (Lipinski definition) is 2. The lowest BCUT2D eigenvalue weighted by atomic mass is 10.1. The molecule has 1 saturated heterocycles. The molecule has 1 aliphatic heterocycles. The number of H-pyrrole nitrogens is 2. The molecule has 0 aromatic carbocycles. The minimum absolute atomic E-state index is 0.0463. The molecule has 0 radical (unpaired) electrons. The summed E-state index contributed by atoms with van der Waals surface area (Å²) in [5.41, 5.74) is 3.26. The van der Waals surface area contributed by atoms with Gasteiger partial charge in [0.2, 0.25) is 0 Å². The molecule has 3 rings (SSSR count). The average Bonchev–Trinajstić information content (AvgIpc) is 3.13.